The number of pyridine rings is 1. The Bertz CT molecular complexity index is 740. The molecular formula is C16H18N4O2. The Kier molecular flexibility index (Phi) is 4.00. The molecule has 0 saturated carbocycles. The van der Waals surface area contributed by atoms with Crippen LogP contribution >= 0.6 is 0 Å². The second-order valence-electron chi connectivity index (χ2n) is 5.43. The van der Waals surface area contributed by atoms with Gasteiger partial charge in [0.05, 0.1) is 18.0 Å². The highest BCUT2D eigenvalue weighted by atomic mass is 16.1. The second kappa shape index (κ2) is 6.09. The van der Waals surface area contributed by atoms with Gasteiger partial charge in [0, 0.05) is 24.3 Å². The average Bonchev–Trinajstić information content (AvgIpc) is 2.55. The number of nitrogens with zero attached hydrogens (tertiary/aromatic N) is 3. The second-order valence-corrected chi connectivity index (χ2v) is 5.43. The van der Waals surface area contributed by atoms with Gasteiger partial charge in [0.1, 0.15) is 0 Å². The lowest BCUT2D eigenvalue weighted by molar-refractivity contribution is 0.0932. The van der Waals surface area contributed by atoms with Gasteiger partial charge in [-0.25, -0.2) is 0 Å². The van der Waals surface area contributed by atoms with Crippen molar-refractivity contribution in [1.82, 2.24) is 20.1 Å². The van der Waals surface area contributed by atoms with Crippen LogP contribution in [0.4, 0.5) is 0 Å². The summed E-state index contributed by atoms with van der Waals surface area (Å²) in [5, 5.41) is 10.4. The molecule has 114 valence electrons. The Morgan fingerprint density at radius 3 is 2.95 bits per heavy atom. The van der Waals surface area contributed by atoms with Crippen LogP contribution in [-0.2, 0) is 19.4 Å². The van der Waals surface area contributed by atoms with Gasteiger partial charge in [0.15, 0.2) is 0 Å². The quantitative estimate of drug-likeness (QED) is 0.915. The van der Waals surface area contributed by atoms with Crippen molar-refractivity contribution in [3.63, 3.8) is 0 Å². The van der Waals surface area contributed by atoms with Crippen molar-refractivity contribution in [2.75, 3.05) is 0 Å². The summed E-state index contributed by atoms with van der Waals surface area (Å²) in [4.78, 5) is 24.0. The number of hydrogen-bond donors (Lipinski definition) is 1. The minimum atomic E-state index is -0.132. The topological polar surface area (TPSA) is 76.9 Å². The van der Waals surface area contributed by atoms with Gasteiger partial charge in [-0.1, -0.05) is 6.07 Å². The molecule has 0 saturated heterocycles. The van der Waals surface area contributed by atoms with E-state index in [2.05, 4.69) is 15.5 Å². The van der Waals surface area contributed by atoms with Crippen LogP contribution in [-0.4, -0.2) is 26.7 Å². The van der Waals surface area contributed by atoms with Crippen LogP contribution in [0.1, 0.15) is 35.0 Å². The smallest absolute Gasteiger partial charge is 0.253 e. The summed E-state index contributed by atoms with van der Waals surface area (Å²) in [5.41, 5.74) is 2.81. The predicted octanol–water partition coefficient (Wildman–Crippen LogP) is 0.945. The van der Waals surface area contributed by atoms with Gasteiger partial charge in [-0.15, -0.1) is 0 Å². The fraction of sp³-hybridized carbons (Fsp3) is 0.375. The Morgan fingerprint density at radius 2 is 2.23 bits per heavy atom. The minimum Gasteiger partial charge on any atom is -0.349 e. The summed E-state index contributed by atoms with van der Waals surface area (Å²) in [5.74, 6) is -0.132. The number of fused-ring (bicyclic) bond motifs is 1. The highest BCUT2D eigenvalue weighted by Gasteiger charge is 2.22. The third kappa shape index (κ3) is 2.77. The van der Waals surface area contributed by atoms with E-state index in [1.807, 2.05) is 17.6 Å². The summed E-state index contributed by atoms with van der Waals surface area (Å²) in [7, 11) is 0. The van der Waals surface area contributed by atoms with E-state index in [-0.39, 0.29) is 17.5 Å². The van der Waals surface area contributed by atoms with E-state index in [0.717, 1.165) is 30.5 Å². The summed E-state index contributed by atoms with van der Waals surface area (Å²) >= 11 is 0. The number of rotatable bonds is 3. The standard InChI is InChI=1S/C16H18N4O2/c1-2-20-14-5-4-13(9-11(14)3-6-15(20)21)19-16(22)12-7-8-17-18-10-12/h3,6-8,10,13H,2,4-5,9H2,1H3,(H,19,22)/t13-/m0/s1. The van der Waals surface area contributed by atoms with Gasteiger partial charge in [-0.2, -0.15) is 10.2 Å². The summed E-state index contributed by atoms with van der Waals surface area (Å²) < 4.78 is 1.82. The fourth-order valence-corrected chi connectivity index (χ4v) is 2.99. The largest absolute Gasteiger partial charge is 0.349 e. The number of carbonyl (C=O) groups excluding carboxylic acids is 1. The van der Waals surface area contributed by atoms with Crippen molar-refractivity contribution >= 4 is 5.91 Å². The van der Waals surface area contributed by atoms with Gasteiger partial charge in [0.25, 0.3) is 11.5 Å². The van der Waals surface area contributed by atoms with Crippen molar-refractivity contribution in [1.29, 1.82) is 0 Å². The van der Waals surface area contributed by atoms with Gasteiger partial charge in [-0.05, 0) is 37.8 Å². The van der Waals surface area contributed by atoms with Crippen molar-refractivity contribution in [2.45, 2.75) is 38.8 Å². The van der Waals surface area contributed by atoms with E-state index >= 15 is 0 Å². The fourth-order valence-electron chi connectivity index (χ4n) is 2.99. The van der Waals surface area contributed by atoms with E-state index in [0.29, 0.717) is 12.1 Å². The number of hydrogen-bond acceptors (Lipinski definition) is 4. The van der Waals surface area contributed by atoms with Crippen molar-refractivity contribution in [3.05, 3.63) is 57.8 Å². The lowest BCUT2D eigenvalue weighted by Crippen LogP contribution is -2.40. The first-order valence-electron chi connectivity index (χ1n) is 7.48. The van der Waals surface area contributed by atoms with E-state index in [4.69, 9.17) is 0 Å². The Hall–Kier alpha value is -2.50. The van der Waals surface area contributed by atoms with Crippen LogP contribution in [0.5, 0.6) is 0 Å². The molecule has 0 unspecified atom stereocenters. The van der Waals surface area contributed by atoms with Gasteiger partial charge < -0.3 is 9.88 Å². The molecule has 6 heteroatoms. The highest BCUT2D eigenvalue weighted by molar-refractivity contribution is 5.93. The maximum absolute atomic E-state index is 12.2. The Labute approximate surface area is 128 Å². The maximum Gasteiger partial charge on any atom is 0.253 e. The molecule has 1 atom stereocenters. The highest BCUT2D eigenvalue weighted by Crippen LogP contribution is 2.20. The van der Waals surface area contributed by atoms with Crippen LogP contribution in [0, 0.1) is 0 Å². The molecule has 0 fully saturated rings. The summed E-state index contributed by atoms with van der Waals surface area (Å²) in [6, 6.07) is 5.22. The summed E-state index contributed by atoms with van der Waals surface area (Å²) in [6.07, 6.45) is 5.35. The van der Waals surface area contributed by atoms with E-state index in [1.54, 1.807) is 12.1 Å². The molecule has 1 N–H and O–H groups in total. The number of carbonyl (C=O) groups is 1. The molecule has 1 aliphatic rings. The van der Waals surface area contributed by atoms with Gasteiger partial charge >= 0.3 is 0 Å². The normalized spacial score (nSPS) is 16.9. The lowest BCUT2D eigenvalue weighted by atomic mass is 9.91. The van der Waals surface area contributed by atoms with E-state index in [1.165, 1.54) is 12.4 Å². The van der Waals surface area contributed by atoms with E-state index < -0.39 is 0 Å². The average molecular weight is 298 g/mol. The molecule has 0 bridgehead atoms. The zero-order valence-corrected chi connectivity index (χ0v) is 12.5. The predicted molar refractivity (Wildman–Crippen MR) is 81.7 cm³/mol. The minimum absolute atomic E-state index is 0.0478. The molecule has 0 aliphatic heterocycles. The SMILES string of the molecule is CCn1c2c(ccc1=O)C[C@@H](NC(=O)c1ccnnc1)CC2. The van der Waals surface area contributed by atoms with Gasteiger partial charge in [0.2, 0.25) is 0 Å². The first-order chi connectivity index (χ1) is 10.7. The molecule has 3 rings (SSSR count). The molecule has 0 aromatic carbocycles. The molecule has 2 aromatic heterocycles. The van der Waals surface area contributed by atoms with Gasteiger partial charge in [-0.3, -0.25) is 9.59 Å². The molecule has 1 amide bonds. The van der Waals surface area contributed by atoms with Crippen LogP contribution in [0.15, 0.2) is 35.4 Å². The first-order valence-corrected chi connectivity index (χ1v) is 7.48. The zero-order chi connectivity index (χ0) is 15.5. The first kappa shape index (κ1) is 14.4. The number of nitrogens with one attached hydrogen (secondary N) is 1. The molecule has 22 heavy (non-hydrogen) atoms. The zero-order valence-electron chi connectivity index (χ0n) is 12.5. The molecule has 2 aromatic rings. The van der Waals surface area contributed by atoms with Crippen LogP contribution in [0.25, 0.3) is 0 Å². The molecule has 0 radical (unpaired) electrons. The Morgan fingerprint density at radius 1 is 1.36 bits per heavy atom. The molecule has 6 nitrogen and oxygen atoms in total. The molecular weight excluding hydrogens is 280 g/mol. The lowest BCUT2D eigenvalue weighted by Gasteiger charge is -2.27. The monoisotopic (exact) mass is 298 g/mol. The van der Waals surface area contributed by atoms with Crippen molar-refractivity contribution in [3.8, 4) is 0 Å². The number of amides is 1. The molecule has 2 heterocycles. The molecule has 1 aliphatic carbocycles. The van der Waals surface area contributed by atoms with E-state index in [9.17, 15) is 9.59 Å². The molecule has 0 spiro atoms. The number of aromatic nitrogens is 3. The van der Waals surface area contributed by atoms with Crippen LogP contribution in [0.2, 0.25) is 0 Å². The van der Waals surface area contributed by atoms with Crippen LogP contribution < -0.4 is 10.9 Å². The third-order valence-electron chi connectivity index (χ3n) is 4.08. The third-order valence-corrected chi connectivity index (χ3v) is 4.08. The van der Waals surface area contributed by atoms with Crippen molar-refractivity contribution < 1.29 is 4.79 Å². The Balaban J connectivity index is 1.75. The maximum atomic E-state index is 12.2. The summed E-state index contributed by atoms with van der Waals surface area (Å²) in [6.45, 7) is 2.66. The van der Waals surface area contributed by atoms with Crippen LogP contribution in [0.3, 0.4) is 0 Å². The van der Waals surface area contributed by atoms with Crippen molar-refractivity contribution in [2.24, 2.45) is 0 Å².